The molecule has 3 rings (SSSR count). The molecule has 1 atom stereocenters. The van der Waals surface area contributed by atoms with Crippen molar-refractivity contribution in [3.8, 4) is 0 Å². The minimum absolute atomic E-state index is 0.0817. The lowest BCUT2D eigenvalue weighted by Crippen LogP contribution is -2.50. The lowest BCUT2D eigenvalue weighted by atomic mass is 10.1. The molecule has 2 aromatic carbocycles. The number of aromatic amines is 1. The highest BCUT2D eigenvalue weighted by molar-refractivity contribution is 5.96. The van der Waals surface area contributed by atoms with Gasteiger partial charge in [0.05, 0.1) is 12.0 Å². The molecular formula is C20H18N3O4-. The summed E-state index contributed by atoms with van der Waals surface area (Å²) < 4.78 is 0. The summed E-state index contributed by atoms with van der Waals surface area (Å²) in [5, 5.41) is 17.3. The van der Waals surface area contributed by atoms with Crippen molar-refractivity contribution < 1.29 is 19.5 Å². The first-order chi connectivity index (χ1) is 12.9. The molecule has 27 heavy (non-hydrogen) atoms. The Balaban J connectivity index is 1.67. The molecule has 7 heteroatoms. The number of aliphatic carboxylic acids is 1. The maximum absolute atomic E-state index is 12.2. The van der Waals surface area contributed by atoms with Gasteiger partial charge in [-0.2, -0.15) is 0 Å². The molecule has 2 amide bonds. The number of carbonyl (C=O) groups is 3. The number of hydrogen-bond acceptors (Lipinski definition) is 4. The number of anilines is 1. The van der Waals surface area contributed by atoms with E-state index in [9.17, 15) is 19.5 Å². The zero-order chi connectivity index (χ0) is 19.4. The zero-order valence-corrected chi connectivity index (χ0v) is 14.6. The molecule has 1 heterocycles. The molecule has 0 bridgehead atoms. The summed E-state index contributed by atoms with van der Waals surface area (Å²) in [4.78, 5) is 38.0. The Bertz CT molecular complexity index is 992. The van der Waals surface area contributed by atoms with E-state index in [-0.39, 0.29) is 12.2 Å². The number of ketones is 1. The molecule has 0 radical (unpaired) electrons. The van der Waals surface area contributed by atoms with Gasteiger partial charge < -0.3 is 25.5 Å². The Kier molecular flexibility index (Phi) is 5.21. The molecular weight excluding hydrogens is 346 g/mol. The van der Waals surface area contributed by atoms with Gasteiger partial charge in [-0.05, 0) is 42.8 Å². The number of Topliss-reactive ketones (excluding diaryl/α,β-unsaturated/α-hetero) is 1. The SMILES string of the molecule is CC(=O)c1ccc(NC(=O)N[C@@H](Cc2c[nH]c3ccccc23)C(=O)[O-])cc1. The normalized spacial score (nSPS) is 11.7. The average molecular weight is 364 g/mol. The number of para-hydroxylation sites is 1. The number of fused-ring (bicyclic) bond motifs is 1. The summed E-state index contributed by atoms with van der Waals surface area (Å²) in [5.41, 5.74) is 2.63. The summed E-state index contributed by atoms with van der Waals surface area (Å²) in [5.74, 6) is -1.45. The highest BCUT2D eigenvalue weighted by Gasteiger charge is 2.16. The lowest BCUT2D eigenvalue weighted by molar-refractivity contribution is -0.308. The first kappa shape index (κ1) is 18.2. The third-order valence-electron chi connectivity index (χ3n) is 4.24. The molecule has 0 spiro atoms. The Labute approximate surface area is 155 Å². The second-order valence-corrected chi connectivity index (χ2v) is 6.17. The van der Waals surface area contributed by atoms with E-state index in [1.165, 1.54) is 6.92 Å². The Morgan fingerprint density at radius 2 is 1.78 bits per heavy atom. The molecule has 7 nitrogen and oxygen atoms in total. The molecule has 0 aliphatic rings. The van der Waals surface area contributed by atoms with Crippen LogP contribution in [0.25, 0.3) is 10.9 Å². The predicted molar refractivity (Wildman–Crippen MR) is 99.4 cm³/mol. The minimum atomic E-state index is -1.37. The number of hydrogen-bond donors (Lipinski definition) is 3. The van der Waals surface area contributed by atoms with Crippen LogP contribution in [-0.2, 0) is 11.2 Å². The fourth-order valence-corrected chi connectivity index (χ4v) is 2.83. The number of urea groups is 1. The number of carboxylic acids is 1. The lowest BCUT2D eigenvalue weighted by Gasteiger charge is -2.20. The van der Waals surface area contributed by atoms with Crippen LogP contribution in [-0.4, -0.2) is 28.8 Å². The molecule has 3 aromatic rings. The molecule has 0 saturated heterocycles. The molecule has 138 valence electrons. The van der Waals surface area contributed by atoms with Crippen LogP contribution in [0.2, 0.25) is 0 Å². The Hall–Kier alpha value is -3.61. The van der Waals surface area contributed by atoms with Crippen molar-refractivity contribution in [3.05, 3.63) is 65.9 Å². The number of rotatable bonds is 6. The van der Waals surface area contributed by atoms with Crippen LogP contribution in [0.15, 0.2) is 54.7 Å². The molecule has 0 unspecified atom stereocenters. The maximum atomic E-state index is 12.2. The van der Waals surface area contributed by atoms with E-state index in [2.05, 4.69) is 15.6 Å². The van der Waals surface area contributed by atoms with E-state index < -0.39 is 18.0 Å². The van der Waals surface area contributed by atoms with Crippen molar-refractivity contribution in [2.75, 3.05) is 5.32 Å². The number of H-pyrrole nitrogens is 1. The number of carbonyl (C=O) groups excluding carboxylic acids is 3. The van der Waals surface area contributed by atoms with E-state index in [0.717, 1.165) is 16.5 Å². The summed E-state index contributed by atoms with van der Waals surface area (Å²) >= 11 is 0. The van der Waals surface area contributed by atoms with Gasteiger partial charge >= 0.3 is 6.03 Å². The number of benzene rings is 2. The minimum Gasteiger partial charge on any atom is -0.548 e. The first-order valence-electron chi connectivity index (χ1n) is 8.38. The van der Waals surface area contributed by atoms with Gasteiger partial charge in [0.2, 0.25) is 0 Å². The van der Waals surface area contributed by atoms with Gasteiger partial charge in [-0.15, -0.1) is 0 Å². The molecule has 0 fully saturated rings. The second-order valence-electron chi connectivity index (χ2n) is 6.17. The number of amides is 2. The standard InChI is InChI=1S/C20H19N3O4/c1-12(24)13-6-8-15(9-7-13)22-20(27)23-18(19(25)26)10-14-11-21-17-5-3-2-4-16(14)17/h2-9,11,18,21H,10H2,1H3,(H,25,26)(H2,22,23,27)/p-1/t18-/m0/s1. The van der Waals surface area contributed by atoms with Crippen molar-refractivity contribution >= 4 is 34.4 Å². The third-order valence-corrected chi connectivity index (χ3v) is 4.24. The highest BCUT2D eigenvalue weighted by atomic mass is 16.4. The number of nitrogens with one attached hydrogen (secondary N) is 3. The third kappa shape index (κ3) is 4.33. The fraction of sp³-hybridized carbons (Fsp3) is 0.150. The summed E-state index contributed by atoms with van der Waals surface area (Å²) in [6.45, 7) is 1.45. The van der Waals surface area contributed by atoms with E-state index in [1.54, 1.807) is 30.5 Å². The highest BCUT2D eigenvalue weighted by Crippen LogP contribution is 2.19. The molecule has 3 N–H and O–H groups in total. The average Bonchev–Trinajstić information content (AvgIpc) is 3.04. The number of aromatic nitrogens is 1. The second kappa shape index (κ2) is 7.74. The van der Waals surface area contributed by atoms with Crippen molar-refractivity contribution in [1.29, 1.82) is 0 Å². The fourth-order valence-electron chi connectivity index (χ4n) is 2.83. The quantitative estimate of drug-likeness (QED) is 0.579. The van der Waals surface area contributed by atoms with Crippen LogP contribution in [0.1, 0.15) is 22.8 Å². The zero-order valence-electron chi connectivity index (χ0n) is 14.6. The van der Waals surface area contributed by atoms with Crippen LogP contribution >= 0.6 is 0 Å². The summed E-state index contributed by atoms with van der Waals surface area (Å²) in [6, 6.07) is 12.0. The maximum Gasteiger partial charge on any atom is 0.319 e. The summed E-state index contributed by atoms with van der Waals surface area (Å²) in [6.07, 6.45) is 1.81. The van der Waals surface area contributed by atoms with Crippen LogP contribution < -0.4 is 15.7 Å². The van der Waals surface area contributed by atoms with Crippen LogP contribution in [0.5, 0.6) is 0 Å². The van der Waals surface area contributed by atoms with Gasteiger partial charge in [0.25, 0.3) is 0 Å². The van der Waals surface area contributed by atoms with Crippen molar-refractivity contribution in [3.63, 3.8) is 0 Å². The molecule has 0 aliphatic carbocycles. The van der Waals surface area contributed by atoms with Gasteiger partial charge in [-0.1, -0.05) is 18.2 Å². The van der Waals surface area contributed by atoms with E-state index in [4.69, 9.17) is 0 Å². The van der Waals surface area contributed by atoms with E-state index >= 15 is 0 Å². The van der Waals surface area contributed by atoms with Crippen LogP contribution in [0.4, 0.5) is 10.5 Å². The topological polar surface area (TPSA) is 114 Å². The van der Waals surface area contributed by atoms with Crippen LogP contribution in [0.3, 0.4) is 0 Å². The van der Waals surface area contributed by atoms with Gasteiger partial charge in [0.15, 0.2) is 5.78 Å². The largest absolute Gasteiger partial charge is 0.548 e. The van der Waals surface area contributed by atoms with E-state index in [0.29, 0.717) is 11.3 Å². The predicted octanol–water partition coefficient (Wildman–Crippen LogP) is 1.85. The van der Waals surface area contributed by atoms with Crippen LogP contribution in [0, 0.1) is 0 Å². The van der Waals surface area contributed by atoms with Crippen molar-refractivity contribution in [2.45, 2.75) is 19.4 Å². The van der Waals surface area contributed by atoms with Gasteiger partial charge in [0, 0.05) is 34.8 Å². The Morgan fingerprint density at radius 3 is 2.44 bits per heavy atom. The van der Waals surface area contributed by atoms with Crippen molar-refractivity contribution in [2.24, 2.45) is 0 Å². The van der Waals surface area contributed by atoms with Gasteiger partial charge in [0.1, 0.15) is 0 Å². The summed E-state index contributed by atoms with van der Waals surface area (Å²) in [7, 11) is 0. The molecule has 0 aliphatic heterocycles. The Morgan fingerprint density at radius 1 is 1.07 bits per heavy atom. The molecule has 0 saturated carbocycles. The first-order valence-corrected chi connectivity index (χ1v) is 8.38. The monoisotopic (exact) mass is 364 g/mol. The number of carboxylic acid groups (broad SMARTS) is 1. The molecule has 1 aromatic heterocycles. The van der Waals surface area contributed by atoms with Crippen molar-refractivity contribution in [1.82, 2.24) is 10.3 Å². The smallest absolute Gasteiger partial charge is 0.319 e. The van der Waals surface area contributed by atoms with E-state index in [1.807, 2.05) is 24.3 Å². The van der Waals surface area contributed by atoms with Gasteiger partial charge in [-0.3, -0.25) is 4.79 Å². The van der Waals surface area contributed by atoms with Gasteiger partial charge in [-0.25, -0.2) is 4.79 Å².